The van der Waals surface area contributed by atoms with Crippen LogP contribution >= 0.6 is 0 Å². The highest BCUT2D eigenvalue weighted by molar-refractivity contribution is 7.92. The number of benzene rings is 2. The molecule has 0 fully saturated rings. The second-order valence-corrected chi connectivity index (χ2v) is 6.65. The summed E-state index contributed by atoms with van der Waals surface area (Å²) in [5.74, 6) is -0.247. The number of nitrogens with one attached hydrogen (secondary N) is 2. The van der Waals surface area contributed by atoms with E-state index in [4.69, 9.17) is 0 Å². The van der Waals surface area contributed by atoms with Crippen molar-refractivity contribution < 1.29 is 12.8 Å². The van der Waals surface area contributed by atoms with Crippen LogP contribution < -0.4 is 10.0 Å². The van der Waals surface area contributed by atoms with E-state index in [2.05, 4.69) is 10.0 Å². The monoisotopic (exact) mass is 308 g/mol. The lowest BCUT2D eigenvalue weighted by Crippen LogP contribution is -2.09. The van der Waals surface area contributed by atoms with E-state index in [0.717, 1.165) is 17.5 Å². The molecule has 2 rings (SSSR count). The Balaban J connectivity index is 2.02. The minimum absolute atomic E-state index is 0.247. The summed E-state index contributed by atoms with van der Waals surface area (Å²) in [6.07, 6.45) is 1.10. The summed E-state index contributed by atoms with van der Waals surface area (Å²) < 4.78 is 38.2. The van der Waals surface area contributed by atoms with Crippen LogP contribution in [0.1, 0.15) is 11.1 Å². The van der Waals surface area contributed by atoms with E-state index in [0.29, 0.717) is 17.8 Å². The van der Waals surface area contributed by atoms with Gasteiger partial charge in [0, 0.05) is 23.5 Å². The Morgan fingerprint density at radius 2 is 1.67 bits per heavy atom. The molecule has 0 aliphatic rings. The van der Waals surface area contributed by atoms with Crippen molar-refractivity contribution in [1.82, 2.24) is 0 Å². The van der Waals surface area contributed by atoms with Gasteiger partial charge in [0.05, 0.1) is 6.26 Å². The van der Waals surface area contributed by atoms with Crippen molar-refractivity contribution in [2.45, 2.75) is 13.5 Å². The van der Waals surface area contributed by atoms with E-state index in [-0.39, 0.29) is 5.82 Å². The summed E-state index contributed by atoms with van der Waals surface area (Å²) in [6.45, 7) is 2.28. The molecule has 112 valence electrons. The molecule has 0 aliphatic heterocycles. The summed E-state index contributed by atoms with van der Waals surface area (Å²) in [4.78, 5) is 0. The molecular formula is C15H17FN2O2S. The van der Waals surface area contributed by atoms with Crippen LogP contribution in [0.5, 0.6) is 0 Å². The number of aryl methyl sites for hydroxylation is 1. The van der Waals surface area contributed by atoms with Gasteiger partial charge in [0.1, 0.15) is 5.82 Å². The van der Waals surface area contributed by atoms with E-state index in [1.807, 2.05) is 6.92 Å². The molecule has 21 heavy (non-hydrogen) atoms. The first-order chi connectivity index (χ1) is 9.83. The molecule has 0 amide bonds. The molecule has 4 nitrogen and oxygen atoms in total. The summed E-state index contributed by atoms with van der Waals surface area (Å²) in [5.41, 5.74) is 2.87. The maximum Gasteiger partial charge on any atom is 0.229 e. The molecule has 2 aromatic carbocycles. The Morgan fingerprint density at radius 3 is 2.29 bits per heavy atom. The summed E-state index contributed by atoms with van der Waals surface area (Å²) >= 11 is 0. The van der Waals surface area contributed by atoms with Crippen molar-refractivity contribution in [3.05, 3.63) is 59.4 Å². The molecule has 2 aromatic rings. The smallest absolute Gasteiger partial charge is 0.229 e. The summed E-state index contributed by atoms with van der Waals surface area (Å²) in [7, 11) is -3.28. The minimum atomic E-state index is -3.28. The highest BCUT2D eigenvalue weighted by atomic mass is 32.2. The Bertz CT molecular complexity index is 728. The zero-order valence-electron chi connectivity index (χ0n) is 11.9. The molecule has 0 heterocycles. The number of rotatable bonds is 5. The van der Waals surface area contributed by atoms with E-state index < -0.39 is 10.0 Å². The highest BCUT2D eigenvalue weighted by Gasteiger charge is 2.03. The molecule has 0 saturated heterocycles. The Labute approximate surface area is 124 Å². The molecule has 6 heteroatoms. The van der Waals surface area contributed by atoms with Crippen LogP contribution in [0.2, 0.25) is 0 Å². The van der Waals surface area contributed by atoms with Crippen molar-refractivity contribution >= 4 is 21.4 Å². The number of sulfonamides is 1. The molecule has 0 bridgehead atoms. The predicted octanol–water partition coefficient (Wildman–Crippen LogP) is 3.12. The van der Waals surface area contributed by atoms with Gasteiger partial charge in [-0.3, -0.25) is 4.72 Å². The predicted molar refractivity (Wildman–Crippen MR) is 83.4 cm³/mol. The lowest BCUT2D eigenvalue weighted by Gasteiger charge is -2.09. The second kappa shape index (κ2) is 6.13. The number of halogens is 1. The second-order valence-electron chi connectivity index (χ2n) is 4.90. The van der Waals surface area contributed by atoms with Crippen molar-refractivity contribution in [3.8, 4) is 0 Å². The Kier molecular flexibility index (Phi) is 4.47. The van der Waals surface area contributed by atoms with Crippen LogP contribution in [-0.2, 0) is 16.6 Å². The minimum Gasteiger partial charge on any atom is -0.381 e. The summed E-state index contributed by atoms with van der Waals surface area (Å²) in [6, 6.07) is 11.7. The fourth-order valence-electron chi connectivity index (χ4n) is 1.91. The number of hydrogen-bond donors (Lipinski definition) is 2. The molecule has 0 unspecified atom stereocenters. The van der Waals surface area contributed by atoms with Crippen LogP contribution in [0.15, 0.2) is 42.5 Å². The first kappa shape index (κ1) is 15.3. The molecule has 0 saturated carbocycles. The molecule has 0 aromatic heterocycles. The molecule has 0 spiro atoms. The average molecular weight is 308 g/mol. The topological polar surface area (TPSA) is 58.2 Å². The van der Waals surface area contributed by atoms with Gasteiger partial charge >= 0.3 is 0 Å². The number of hydrogen-bond acceptors (Lipinski definition) is 3. The largest absolute Gasteiger partial charge is 0.381 e. The van der Waals surface area contributed by atoms with Gasteiger partial charge in [0.25, 0.3) is 0 Å². The third kappa shape index (κ3) is 4.75. The zero-order chi connectivity index (χ0) is 15.5. The van der Waals surface area contributed by atoms with Gasteiger partial charge in [-0.15, -0.1) is 0 Å². The summed E-state index contributed by atoms with van der Waals surface area (Å²) in [5, 5.41) is 3.10. The van der Waals surface area contributed by atoms with Crippen molar-refractivity contribution in [3.63, 3.8) is 0 Å². The first-order valence-corrected chi connectivity index (χ1v) is 8.29. The van der Waals surface area contributed by atoms with E-state index in [9.17, 15) is 12.8 Å². The third-order valence-corrected chi connectivity index (χ3v) is 3.48. The molecule has 0 atom stereocenters. The van der Waals surface area contributed by atoms with Gasteiger partial charge in [-0.2, -0.15) is 0 Å². The lowest BCUT2D eigenvalue weighted by molar-refractivity contribution is 0.606. The quantitative estimate of drug-likeness (QED) is 0.892. The standard InChI is InChI=1S/C15H17FN2O2S/c1-11-3-8-15(16)12(9-11)10-17-13-4-6-14(7-5-13)18-21(2,19)20/h3-9,17-18H,10H2,1-2H3. The van der Waals surface area contributed by atoms with Crippen LogP contribution in [-0.4, -0.2) is 14.7 Å². The maximum absolute atomic E-state index is 13.6. The third-order valence-electron chi connectivity index (χ3n) is 2.87. The van der Waals surface area contributed by atoms with E-state index in [1.54, 1.807) is 36.4 Å². The average Bonchev–Trinajstić information content (AvgIpc) is 2.40. The van der Waals surface area contributed by atoms with Crippen LogP contribution in [0.3, 0.4) is 0 Å². The van der Waals surface area contributed by atoms with E-state index in [1.165, 1.54) is 6.07 Å². The van der Waals surface area contributed by atoms with Crippen LogP contribution in [0.4, 0.5) is 15.8 Å². The fraction of sp³-hybridized carbons (Fsp3) is 0.200. The molecule has 0 radical (unpaired) electrons. The van der Waals surface area contributed by atoms with Crippen LogP contribution in [0.25, 0.3) is 0 Å². The van der Waals surface area contributed by atoms with Crippen molar-refractivity contribution in [2.24, 2.45) is 0 Å². The van der Waals surface area contributed by atoms with Gasteiger partial charge < -0.3 is 5.32 Å². The number of anilines is 2. The van der Waals surface area contributed by atoms with E-state index >= 15 is 0 Å². The fourth-order valence-corrected chi connectivity index (χ4v) is 2.47. The van der Waals surface area contributed by atoms with Crippen molar-refractivity contribution in [2.75, 3.05) is 16.3 Å². The zero-order valence-corrected chi connectivity index (χ0v) is 12.7. The molecule has 0 aliphatic carbocycles. The van der Waals surface area contributed by atoms with Gasteiger partial charge in [0.15, 0.2) is 0 Å². The van der Waals surface area contributed by atoms with Crippen molar-refractivity contribution in [1.29, 1.82) is 0 Å². The van der Waals surface area contributed by atoms with Gasteiger partial charge in [-0.25, -0.2) is 12.8 Å². The molecular weight excluding hydrogens is 291 g/mol. The SMILES string of the molecule is Cc1ccc(F)c(CNc2ccc(NS(C)(=O)=O)cc2)c1. The first-order valence-electron chi connectivity index (χ1n) is 6.40. The lowest BCUT2D eigenvalue weighted by atomic mass is 10.1. The van der Waals surface area contributed by atoms with Crippen LogP contribution in [0, 0.1) is 12.7 Å². The van der Waals surface area contributed by atoms with Gasteiger partial charge in [0.2, 0.25) is 10.0 Å². The highest BCUT2D eigenvalue weighted by Crippen LogP contribution is 2.17. The van der Waals surface area contributed by atoms with Gasteiger partial charge in [-0.05, 0) is 37.3 Å². The van der Waals surface area contributed by atoms with Gasteiger partial charge in [-0.1, -0.05) is 17.7 Å². The Morgan fingerprint density at radius 1 is 1.05 bits per heavy atom. The maximum atomic E-state index is 13.6. The normalized spacial score (nSPS) is 11.2. The molecule has 2 N–H and O–H groups in total. The Hall–Kier alpha value is -2.08.